The minimum absolute atomic E-state index is 0. The number of amides is 2. The zero-order valence-corrected chi connectivity index (χ0v) is 21.1. The second kappa shape index (κ2) is 10.6. The second-order valence-electron chi connectivity index (χ2n) is 8.12. The summed E-state index contributed by atoms with van der Waals surface area (Å²) in [5, 5.41) is 16.3. The zero-order chi connectivity index (χ0) is 24.5. The maximum absolute atomic E-state index is 12.8. The van der Waals surface area contributed by atoms with Gasteiger partial charge in [-0.05, 0) is 26.8 Å². The van der Waals surface area contributed by atoms with Crippen molar-refractivity contribution >= 4 is 70.1 Å². The van der Waals surface area contributed by atoms with Gasteiger partial charge in [-0.15, -0.1) is 35.5 Å². The number of β-lactam (4-membered cyclic amide) rings is 1. The largest absolute Gasteiger partial charge is 0.477 e. The summed E-state index contributed by atoms with van der Waals surface area (Å²) in [6.07, 6.45) is 1.37. The Hall–Kier alpha value is -2.84. The number of hydrogen-bond donors (Lipinski definition) is 3. The number of carbonyl (C=O) groups excluding carboxylic acids is 3. The Balaban J connectivity index is 0.00000408. The van der Waals surface area contributed by atoms with Crippen LogP contribution in [0.15, 0.2) is 22.3 Å². The van der Waals surface area contributed by atoms with Crippen molar-refractivity contribution in [1.29, 1.82) is 0 Å². The first kappa shape index (κ1) is 27.4. The molecule has 0 spiro atoms. The molecule has 0 saturated carbocycles. The maximum Gasteiger partial charge on any atom is 0.352 e. The van der Waals surface area contributed by atoms with Gasteiger partial charge in [0.15, 0.2) is 10.8 Å². The molecule has 15 heteroatoms. The van der Waals surface area contributed by atoms with Gasteiger partial charge in [-0.3, -0.25) is 19.3 Å². The van der Waals surface area contributed by atoms with Crippen LogP contribution in [-0.2, 0) is 28.8 Å². The quantitative estimate of drug-likeness (QED) is 0.197. The third-order valence-corrected chi connectivity index (χ3v) is 6.68. The van der Waals surface area contributed by atoms with Crippen molar-refractivity contribution < 1.29 is 33.9 Å². The van der Waals surface area contributed by atoms with Crippen LogP contribution in [0.5, 0.6) is 0 Å². The number of oxime groups is 1. The standard InChI is InChI=1S/C19H23N5O7S2.ClH/c1-19(2,3)17(29)31-6-8-5-10(16(27)28)24-14(26)12(15(24)33-8)22-13(25)11(23-30-4)9-7-32-18(20)21-9;/h5,7-8,12,15H,6H2,1-4H3,(H2,20,21)(H,22,25)(H,27,28);1H/b23-11-;/t8?,12?,15-;/m1./s1. The number of aliphatic carboxylic acids is 1. The SMILES string of the molecule is CO/N=C(\C(=O)NC1C(=O)N2C(C(=O)O)=CC(COC(=O)C(C)(C)C)S[C@H]12)c1csc(N)n1.Cl. The molecule has 3 rings (SSSR count). The van der Waals surface area contributed by atoms with Crippen LogP contribution in [0.25, 0.3) is 0 Å². The van der Waals surface area contributed by atoms with E-state index in [0.717, 1.165) is 16.2 Å². The number of carboxylic acids is 1. The number of aromatic nitrogens is 1. The third-order valence-electron chi connectivity index (χ3n) is 4.62. The molecular weight excluding hydrogens is 510 g/mol. The molecule has 2 aliphatic rings. The summed E-state index contributed by atoms with van der Waals surface area (Å²) in [7, 11) is 1.25. The highest BCUT2D eigenvalue weighted by atomic mass is 35.5. The van der Waals surface area contributed by atoms with E-state index in [4.69, 9.17) is 15.3 Å². The van der Waals surface area contributed by atoms with Gasteiger partial charge in [0.1, 0.15) is 36.5 Å². The van der Waals surface area contributed by atoms with E-state index in [1.54, 1.807) is 20.8 Å². The van der Waals surface area contributed by atoms with Crippen LogP contribution >= 0.6 is 35.5 Å². The number of nitrogens with one attached hydrogen (secondary N) is 1. The van der Waals surface area contributed by atoms with Crippen LogP contribution in [0.2, 0.25) is 0 Å². The van der Waals surface area contributed by atoms with E-state index >= 15 is 0 Å². The predicted octanol–water partition coefficient (Wildman–Crippen LogP) is 0.824. The molecule has 2 unspecified atom stereocenters. The topological polar surface area (TPSA) is 174 Å². The first-order chi connectivity index (χ1) is 15.4. The summed E-state index contributed by atoms with van der Waals surface area (Å²) >= 11 is 2.31. The lowest BCUT2D eigenvalue weighted by Crippen LogP contribution is -2.71. The Labute approximate surface area is 209 Å². The molecule has 1 fully saturated rings. The van der Waals surface area contributed by atoms with Crippen LogP contribution in [-0.4, -0.2) is 74.8 Å². The number of thiazole rings is 1. The number of rotatable bonds is 7. The number of ether oxygens (including phenoxy) is 1. The highest BCUT2D eigenvalue weighted by molar-refractivity contribution is 8.00. The molecule has 1 saturated heterocycles. The average molecular weight is 534 g/mol. The number of anilines is 1. The van der Waals surface area contributed by atoms with Gasteiger partial charge in [0.25, 0.3) is 11.8 Å². The monoisotopic (exact) mass is 533 g/mol. The predicted molar refractivity (Wildman–Crippen MR) is 127 cm³/mol. The van der Waals surface area contributed by atoms with Gasteiger partial charge in [-0.25, -0.2) is 9.78 Å². The van der Waals surface area contributed by atoms with E-state index in [2.05, 4.69) is 15.5 Å². The highest BCUT2D eigenvalue weighted by Gasteiger charge is 2.54. The molecular formula is C19H24ClN5O7S2. The van der Waals surface area contributed by atoms with Crippen LogP contribution in [0.1, 0.15) is 26.5 Å². The molecule has 1 aromatic heterocycles. The Kier molecular flexibility index (Phi) is 8.55. The van der Waals surface area contributed by atoms with E-state index in [0.29, 0.717) is 0 Å². The van der Waals surface area contributed by atoms with Gasteiger partial charge in [0.2, 0.25) is 0 Å². The third kappa shape index (κ3) is 5.62. The number of nitrogen functional groups attached to an aromatic ring is 1. The molecule has 2 amide bonds. The van der Waals surface area contributed by atoms with E-state index in [9.17, 15) is 24.3 Å². The Morgan fingerprint density at radius 1 is 1.35 bits per heavy atom. The van der Waals surface area contributed by atoms with Gasteiger partial charge in [-0.1, -0.05) is 5.16 Å². The fourth-order valence-corrected chi connectivity index (χ4v) is 4.95. The Morgan fingerprint density at radius 2 is 2.03 bits per heavy atom. The van der Waals surface area contributed by atoms with E-state index in [1.807, 2.05) is 0 Å². The maximum atomic E-state index is 12.8. The van der Waals surface area contributed by atoms with E-state index < -0.39 is 45.8 Å². The average Bonchev–Trinajstić information content (AvgIpc) is 3.17. The molecule has 2 aliphatic heterocycles. The minimum atomic E-state index is -1.30. The number of carbonyl (C=O) groups is 4. The van der Waals surface area contributed by atoms with Gasteiger partial charge >= 0.3 is 11.9 Å². The van der Waals surface area contributed by atoms with Gasteiger partial charge < -0.3 is 25.7 Å². The fourth-order valence-electron chi connectivity index (χ4n) is 3.01. The van der Waals surface area contributed by atoms with Gasteiger partial charge in [-0.2, -0.15) is 0 Å². The molecule has 0 aromatic carbocycles. The first-order valence-electron chi connectivity index (χ1n) is 9.68. The van der Waals surface area contributed by atoms with Crippen molar-refractivity contribution in [2.24, 2.45) is 10.6 Å². The lowest BCUT2D eigenvalue weighted by molar-refractivity contribution is -0.153. The zero-order valence-electron chi connectivity index (χ0n) is 18.6. The second-order valence-corrected chi connectivity index (χ2v) is 10.4. The van der Waals surface area contributed by atoms with E-state index in [-0.39, 0.29) is 41.2 Å². The summed E-state index contributed by atoms with van der Waals surface area (Å²) in [5.41, 5.74) is 4.66. The van der Waals surface area contributed by atoms with Crippen molar-refractivity contribution in [3.63, 3.8) is 0 Å². The Morgan fingerprint density at radius 3 is 2.56 bits per heavy atom. The smallest absolute Gasteiger partial charge is 0.352 e. The highest BCUT2D eigenvalue weighted by Crippen LogP contribution is 2.41. The molecule has 4 N–H and O–H groups in total. The summed E-state index contributed by atoms with van der Waals surface area (Å²) < 4.78 is 5.31. The van der Waals surface area contributed by atoms with Crippen LogP contribution in [0.3, 0.4) is 0 Å². The summed E-state index contributed by atoms with van der Waals surface area (Å²) in [5.74, 6) is -3.06. The molecule has 3 heterocycles. The number of carboxylic acid groups (broad SMARTS) is 1. The normalized spacial score (nSPS) is 21.9. The number of esters is 1. The number of hydrogen-bond acceptors (Lipinski definition) is 11. The molecule has 12 nitrogen and oxygen atoms in total. The summed E-state index contributed by atoms with van der Waals surface area (Å²) in [4.78, 5) is 59.1. The number of thioether (sulfide) groups is 1. The van der Waals surface area contributed by atoms with Crippen molar-refractivity contribution in [1.82, 2.24) is 15.2 Å². The van der Waals surface area contributed by atoms with Crippen LogP contribution in [0.4, 0.5) is 5.13 Å². The van der Waals surface area contributed by atoms with Crippen LogP contribution in [0, 0.1) is 5.41 Å². The van der Waals surface area contributed by atoms with Crippen LogP contribution < -0.4 is 11.1 Å². The molecule has 186 valence electrons. The lowest BCUT2D eigenvalue weighted by atomic mass is 9.97. The molecule has 3 atom stereocenters. The van der Waals surface area contributed by atoms with Crippen molar-refractivity contribution in [2.45, 2.75) is 37.4 Å². The minimum Gasteiger partial charge on any atom is -0.477 e. The van der Waals surface area contributed by atoms with Crippen molar-refractivity contribution in [3.8, 4) is 0 Å². The number of halogens is 1. The molecule has 0 radical (unpaired) electrons. The summed E-state index contributed by atoms with van der Waals surface area (Å²) in [6, 6.07) is -1.02. The van der Waals surface area contributed by atoms with Crippen molar-refractivity contribution in [2.75, 3.05) is 19.5 Å². The fraction of sp³-hybridized carbons (Fsp3) is 0.474. The molecule has 0 aliphatic carbocycles. The number of nitrogens with zero attached hydrogens (tertiary/aromatic N) is 3. The number of nitrogens with two attached hydrogens (primary N) is 1. The van der Waals surface area contributed by atoms with Gasteiger partial charge in [0.05, 0.1) is 10.7 Å². The van der Waals surface area contributed by atoms with Crippen molar-refractivity contribution in [3.05, 3.63) is 22.8 Å². The summed E-state index contributed by atoms with van der Waals surface area (Å²) in [6.45, 7) is 5.03. The molecule has 1 aromatic rings. The Bertz CT molecular complexity index is 1050. The number of fused-ring (bicyclic) bond motifs is 1. The van der Waals surface area contributed by atoms with Gasteiger partial charge in [0, 0.05) is 5.38 Å². The lowest BCUT2D eigenvalue weighted by Gasteiger charge is -2.49. The first-order valence-corrected chi connectivity index (χ1v) is 11.5. The molecule has 34 heavy (non-hydrogen) atoms. The molecule has 0 bridgehead atoms. The van der Waals surface area contributed by atoms with E-state index in [1.165, 1.54) is 30.3 Å².